The zero-order chi connectivity index (χ0) is 14.3. The Kier molecular flexibility index (Phi) is 13.2. The molecule has 0 aromatic heterocycles. The molecule has 114 valence electrons. The van der Waals surface area contributed by atoms with E-state index in [0.29, 0.717) is 39.5 Å². The zero-order valence-corrected chi connectivity index (χ0v) is 12.2. The Morgan fingerprint density at radius 1 is 1.16 bits per heavy atom. The summed E-state index contributed by atoms with van der Waals surface area (Å²) in [6.45, 7) is 5.89. The van der Waals surface area contributed by atoms with Crippen molar-refractivity contribution in [3.05, 3.63) is 0 Å². The van der Waals surface area contributed by atoms with Crippen LogP contribution in [-0.4, -0.2) is 58.6 Å². The Bertz CT molecular complexity index is 215. The number of rotatable bonds is 14. The Labute approximate surface area is 116 Å². The molecule has 1 unspecified atom stereocenters. The number of amides is 1. The third-order valence-electron chi connectivity index (χ3n) is 2.54. The van der Waals surface area contributed by atoms with E-state index >= 15 is 0 Å². The van der Waals surface area contributed by atoms with Gasteiger partial charge in [0.25, 0.3) is 0 Å². The minimum Gasteiger partial charge on any atom is -0.382 e. The lowest BCUT2D eigenvalue weighted by molar-refractivity contribution is -0.120. The fraction of sp³-hybridized carbons (Fsp3) is 0.923. The standard InChI is InChI=1S/C13H28N2O4/c1-3-6-15-12(13(14)16)5-9-18-7-4-8-19-11-10-17-2/h12,15H,3-11H2,1-2H3,(H2,14,16). The molecule has 0 aliphatic rings. The third-order valence-corrected chi connectivity index (χ3v) is 2.54. The quantitative estimate of drug-likeness (QED) is 0.446. The van der Waals surface area contributed by atoms with Crippen molar-refractivity contribution < 1.29 is 19.0 Å². The molecule has 0 saturated carbocycles. The van der Waals surface area contributed by atoms with E-state index < -0.39 is 0 Å². The Morgan fingerprint density at radius 2 is 1.84 bits per heavy atom. The maximum Gasteiger partial charge on any atom is 0.234 e. The van der Waals surface area contributed by atoms with E-state index in [1.807, 2.05) is 6.92 Å². The third kappa shape index (κ3) is 12.1. The number of hydrogen-bond acceptors (Lipinski definition) is 5. The number of hydrogen-bond donors (Lipinski definition) is 2. The van der Waals surface area contributed by atoms with Gasteiger partial charge in [-0.05, 0) is 25.8 Å². The van der Waals surface area contributed by atoms with Crippen LogP contribution in [0, 0.1) is 0 Å². The van der Waals surface area contributed by atoms with Crippen LogP contribution in [0.3, 0.4) is 0 Å². The average molecular weight is 276 g/mol. The van der Waals surface area contributed by atoms with Crippen molar-refractivity contribution >= 4 is 5.91 Å². The molecule has 0 aromatic rings. The minimum absolute atomic E-state index is 0.294. The first-order valence-corrected chi connectivity index (χ1v) is 6.89. The molecule has 0 radical (unpaired) electrons. The molecule has 19 heavy (non-hydrogen) atoms. The predicted molar refractivity (Wildman–Crippen MR) is 74.0 cm³/mol. The van der Waals surface area contributed by atoms with Gasteiger partial charge in [-0.3, -0.25) is 4.79 Å². The molecule has 0 bridgehead atoms. The van der Waals surface area contributed by atoms with E-state index in [2.05, 4.69) is 5.32 Å². The molecule has 0 saturated heterocycles. The van der Waals surface area contributed by atoms with Gasteiger partial charge in [0.15, 0.2) is 0 Å². The summed E-state index contributed by atoms with van der Waals surface area (Å²) in [6, 6.07) is -0.294. The molecule has 3 N–H and O–H groups in total. The highest BCUT2D eigenvalue weighted by atomic mass is 16.5. The number of carbonyl (C=O) groups excluding carboxylic acids is 1. The van der Waals surface area contributed by atoms with Gasteiger partial charge in [-0.15, -0.1) is 0 Å². The summed E-state index contributed by atoms with van der Waals surface area (Å²) in [4.78, 5) is 11.1. The molecule has 0 aromatic carbocycles. The lowest BCUT2D eigenvalue weighted by Gasteiger charge is -2.14. The molecule has 0 heterocycles. The van der Waals surface area contributed by atoms with Gasteiger partial charge in [-0.25, -0.2) is 0 Å². The van der Waals surface area contributed by atoms with Crippen LogP contribution in [0.4, 0.5) is 0 Å². The molecule has 1 atom stereocenters. The lowest BCUT2D eigenvalue weighted by Crippen LogP contribution is -2.42. The molecule has 0 fully saturated rings. The highest BCUT2D eigenvalue weighted by Crippen LogP contribution is 1.94. The van der Waals surface area contributed by atoms with Crippen molar-refractivity contribution in [2.45, 2.75) is 32.2 Å². The van der Waals surface area contributed by atoms with Gasteiger partial charge in [0.1, 0.15) is 0 Å². The molecule has 0 rings (SSSR count). The largest absolute Gasteiger partial charge is 0.382 e. The minimum atomic E-state index is -0.319. The van der Waals surface area contributed by atoms with Crippen LogP contribution in [0.2, 0.25) is 0 Å². The second kappa shape index (κ2) is 13.7. The van der Waals surface area contributed by atoms with E-state index in [-0.39, 0.29) is 11.9 Å². The SMILES string of the molecule is CCCNC(CCOCCCOCCOC)C(N)=O. The van der Waals surface area contributed by atoms with Gasteiger partial charge in [0.05, 0.1) is 19.3 Å². The topological polar surface area (TPSA) is 82.8 Å². The number of primary amides is 1. The van der Waals surface area contributed by atoms with Crippen LogP contribution in [0.5, 0.6) is 0 Å². The van der Waals surface area contributed by atoms with E-state index in [0.717, 1.165) is 19.4 Å². The van der Waals surface area contributed by atoms with Crippen molar-refractivity contribution in [1.29, 1.82) is 0 Å². The summed E-state index contributed by atoms with van der Waals surface area (Å²) in [6.07, 6.45) is 2.43. The van der Waals surface area contributed by atoms with Crippen LogP contribution in [0.15, 0.2) is 0 Å². The molecular weight excluding hydrogens is 248 g/mol. The summed E-state index contributed by atoms with van der Waals surface area (Å²) in [7, 11) is 1.65. The van der Waals surface area contributed by atoms with Crippen molar-refractivity contribution in [3.63, 3.8) is 0 Å². The Morgan fingerprint density at radius 3 is 2.42 bits per heavy atom. The number of methoxy groups -OCH3 is 1. The second-order valence-electron chi connectivity index (χ2n) is 4.27. The second-order valence-corrected chi connectivity index (χ2v) is 4.27. The summed E-state index contributed by atoms with van der Waals surface area (Å²) in [5.74, 6) is -0.319. The summed E-state index contributed by atoms with van der Waals surface area (Å²) < 4.78 is 15.6. The first kappa shape index (κ1) is 18.3. The molecule has 0 spiro atoms. The molecule has 1 amide bonds. The Balaban J connectivity index is 3.37. The number of nitrogens with one attached hydrogen (secondary N) is 1. The Hall–Kier alpha value is -0.690. The summed E-state index contributed by atoms with van der Waals surface area (Å²) >= 11 is 0. The fourth-order valence-electron chi connectivity index (χ4n) is 1.47. The van der Waals surface area contributed by atoms with Gasteiger partial charge in [0, 0.05) is 26.9 Å². The van der Waals surface area contributed by atoms with Gasteiger partial charge >= 0.3 is 0 Å². The number of carbonyl (C=O) groups is 1. The first-order valence-electron chi connectivity index (χ1n) is 6.89. The van der Waals surface area contributed by atoms with Gasteiger partial charge in [0.2, 0.25) is 5.91 Å². The van der Waals surface area contributed by atoms with Crippen LogP contribution in [-0.2, 0) is 19.0 Å². The molecule has 6 heteroatoms. The average Bonchev–Trinajstić information content (AvgIpc) is 2.39. The normalized spacial score (nSPS) is 12.5. The number of ether oxygens (including phenoxy) is 3. The molecule has 0 aliphatic heterocycles. The lowest BCUT2D eigenvalue weighted by atomic mass is 10.2. The van der Waals surface area contributed by atoms with Crippen molar-refractivity contribution in [2.75, 3.05) is 46.7 Å². The maximum atomic E-state index is 11.1. The van der Waals surface area contributed by atoms with Gasteiger partial charge in [-0.1, -0.05) is 6.92 Å². The van der Waals surface area contributed by atoms with Crippen molar-refractivity contribution in [3.8, 4) is 0 Å². The summed E-state index contributed by atoms with van der Waals surface area (Å²) in [5.41, 5.74) is 5.30. The predicted octanol–water partition coefficient (Wildman–Crippen LogP) is 0.300. The summed E-state index contributed by atoms with van der Waals surface area (Å²) in [5, 5.41) is 3.10. The van der Waals surface area contributed by atoms with Crippen LogP contribution < -0.4 is 11.1 Å². The molecular formula is C13H28N2O4. The van der Waals surface area contributed by atoms with Crippen LogP contribution in [0.1, 0.15) is 26.2 Å². The van der Waals surface area contributed by atoms with Crippen molar-refractivity contribution in [2.24, 2.45) is 5.73 Å². The van der Waals surface area contributed by atoms with Crippen LogP contribution >= 0.6 is 0 Å². The van der Waals surface area contributed by atoms with E-state index in [4.69, 9.17) is 19.9 Å². The highest BCUT2D eigenvalue weighted by Gasteiger charge is 2.13. The molecule has 6 nitrogen and oxygen atoms in total. The smallest absolute Gasteiger partial charge is 0.234 e. The van der Waals surface area contributed by atoms with Gasteiger partial charge in [-0.2, -0.15) is 0 Å². The monoisotopic (exact) mass is 276 g/mol. The zero-order valence-electron chi connectivity index (χ0n) is 12.2. The highest BCUT2D eigenvalue weighted by molar-refractivity contribution is 5.79. The van der Waals surface area contributed by atoms with E-state index in [1.54, 1.807) is 7.11 Å². The first-order chi connectivity index (χ1) is 9.22. The number of nitrogens with two attached hydrogens (primary N) is 1. The van der Waals surface area contributed by atoms with E-state index in [9.17, 15) is 4.79 Å². The van der Waals surface area contributed by atoms with E-state index in [1.165, 1.54) is 0 Å². The maximum absolute atomic E-state index is 11.1. The van der Waals surface area contributed by atoms with Crippen LogP contribution in [0.25, 0.3) is 0 Å². The van der Waals surface area contributed by atoms with Crippen molar-refractivity contribution in [1.82, 2.24) is 5.32 Å². The molecule has 0 aliphatic carbocycles. The van der Waals surface area contributed by atoms with Gasteiger partial charge < -0.3 is 25.3 Å². The fourth-order valence-corrected chi connectivity index (χ4v) is 1.47.